The molecule has 0 aliphatic rings. The van der Waals surface area contributed by atoms with E-state index in [0.717, 1.165) is 22.0 Å². The summed E-state index contributed by atoms with van der Waals surface area (Å²) in [6.07, 6.45) is 0. The number of nitrogens with one attached hydrogen (secondary N) is 2. The molecule has 3 N–H and O–H groups in total. The number of hydrogen-bond acceptors (Lipinski definition) is 4. The fourth-order valence-electron chi connectivity index (χ4n) is 3.91. The molecule has 0 aliphatic heterocycles. The van der Waals surface area contributed by atoms with E-state index in [4.69, 9.17) is 4.99 Å². The van der Waals surface area contributed by atoms with Crippen molar-refractivity contribution < 1.29 is 13.5 Å². The van der Waals surface area contributed by atoms with Gasteiger partial charge in [0.1, 0.15) is 0 Å². The second-order valence-electron chi connectivity index (χ2n) is 8.02. The molecule has 4 aromatic carbocycles. The molecule has 35 heavy (non-hydrogen) atoms. The molecular formula is C28H23N3O3S. The van der Waals surface area contributed by atoms with E-state index in [2.05, 4.69) is 9.71 Å². The van der Waals surface area contributed by atoms with Crippen LogP contribution < -0.4 is 4.72 Å². The third kappa shape index (κ3) is 4.87. The highest BCUT2D eigenvalue weighted by Crippen LogP contribution is 2.31. The van der Waals surface area contributed by atoms with Gasteiger partial charge in [0.15, 0.2) is 5.88 Å². The van der Waals surface area contributed by atoms with Crippen LogP contribution in [0.1, 0.15) is 16.7 Å². The minimum atomic E-state index is -3.59. The van der Waals surface area contributed by atoms with Crippen molar-refractivity contribution >= 4 is 32.3 Å². The molecule has 0 amide bonds. The normalized spacial score (nSPS) is 12.2. The number of H-pyrrole nitrogens is 1. The smallest absolute Gasteiger partial charge is 0.240 e. The summed E-state index contributed by atoms with van der Waals surface area (Å²) in [5.74, 6) is 0.0562. The Labute approximate surface area is 203 Å². The zero-order chi connectivity index (χ0) is 24.3. The molecule has 174 valence electrons. The number of fused-ring (bicyclic) bond motifs is 1. The summed E-state index contributed by atoms with van der Waals surface area (Å²) in [4.78, 5) is 8.13. The average molecular weight is 482 g/mol. The molecule has 5 rings (SSSR count). The first kappa shape index (κ1) is 22.6. The van der Waals surface area contributed by atoms with Gasteiger partial charge in [0.25, 0.3) is 0 Å². The maximum absolute atomic E-state index is 12.5. The van der Waals surface area contributed by atoms with Crippen molar-refractivity contribution in [2.24, 2.45) is 4.99 Å². The number of hydrogen-bond donors (Lipinski definition) is 3. The summed E-state index contributed by atoms with van der Waals surface area (Å²) in [6, 6.07) is 33.0. The second kappa shape index (κ2) is 9.58. The third-order valence-corrected chi connectivity index (χ3v) is 7.08. The van der Waals surface area contributed by atoms with Crippen LogP contribution in [0, 0.1) is 0 Å². The predicted molar refractivity (Wildman–Crippen MR) is 139 cm³/mol. The Morgan fingerprint density at radius 2 is 1.43 bits per heavy atom. The van der Waals surface area contributed by atoms with Gasteiger partial charge in [-0.2, -0.15) is 0 Å². The Kier molecular flexibility index (Phi) is 6.18. The molecule has 7 heteroatoms. The standard InChI is InChI=1S/C28H23N3O3S/c32-28-26(24-13-7-8-14-25(24)31-28)27(21-9-3-1-4-10-21)30-22-17-15-20(16-18-22)19-29-35(33,34)23-11-5-2-6-12-23/h1-18,29,31-32H,19H2. The first-order valence-electron chi connectivity index (χ1n) is 11.1. The van der Waals surface area contributed by atoms with Crippen molar-refractivity contribution in [2.45, 2.75) is 11.4 Å². The van der Waals surface area contributed by atoms with Crippen LogP contribution in [-0.2, 0) is 16.6 Å². The van der Waals surface area contributed by atoms with Crippen LogP contribution in [0.2, 0.25) is 0 Å². The minimum Gasteiger partial charge on any atom is -0.494 e. The Balaban J connectivity index is 1.46. The molecule has 0 saturated carbocycles. The van der Waals surface area contributed by atoms with Crippen molar-refractivity contribution in [1.82, 2.24) is 9.71 Å². The van der Waals surface area contributed by atoms with E-state index in [1.54, 1.807) is 30.3 Å². The van der Waals surface area contributed by atoms with Gasteiger partial charge in [0.2, 0.25) is 10.0 Å². The van der Waals surface area contributed by atoms with E-state index in [9.17, 15) is 13.5 Å². The second-order valence-corrected chi connectivity index (χ2v) is 9.79. The lowest BCUT2D eigenvalue weighted by Crippen LogP contribution is -2.23. The number of aromatic nitrogens is 1. The monoisotopic (exact) mass is 481 g/mol. The van der Waals surface area contributed by atoms with Gasteiger partial charge in [0, 0.05) is 23.0 Å². The molecular weight excluding hydrogens is 458 g/mol. The Bertz CT molecular complexity index is 1590. The largest absolute Gasteiger partial charge is 0.494 e. The average Bonchev–Trinajstić information content (AvgIpc) is 3.23. The van der Waals surface area contributed by atoms with Crippen LogP contribution >= 0.6 is 0 Å². The summed E-state index contributed by atoms with van der Waals surface area (Å²) in [7, 11) is -3.59. The summed E-state index contributed by atoms with van der Waals surface area (Å²) in [5.41, 5.74) is 4.45. The first-order valence-corrected chi connectivity index (χ1v) is 12.6. The summed E-state index contributed by atoms with van der Waals surface area (Å²) in [5, 5.41) is 11.6. The molecule has 0 spiro atoms. The maximum Gasteiger partial charge on any atom is 0.240 e. The van der Waals surface area contributed by atoms with E-state index in [0.29, 0.717) is 17.0 Å². The summed E-state index contributed by atoms with van der Waals surface area (Å²) >= 11 is 0. The molecule has 0 atom stereocenters. The first-order chi connectivity index (χ1) is 17.0. The van der Waals surface area contributed by atoms with E-state index in [-0.39, 0.29) is 17.3 Å². The highest BCUT2D eigenvalue weighted by atomic mass is 32.2. The fraction of sp³-hybridized carbons (Fsp3) is 0.0357. The number of sulfonamides is 1. The number of aliphatic imine (C=N–C) groups is 1. The summed E-state index contributed by atoms with van der Waals surface area (Å²) in [6.45, 7) is 0.163. The third-order valence-electron chi connectivity index (χ3n) is 5.67. The molecule has 0 fully saturated rings. The Morgan fingerprint density at radius 1 is 0.800 bits per heavy atom. The molecule has 1 heterocycles. The van der Waals surface area contributed by atoms with Crippen LogP contribution in [0.15, 0.2) is 119 Å². The molecule has 0 bridgehead atoms. The number of aromatic amines is 1. The minimum absolute atomic E-state index is 0.0562. The van der Waals surface area contributed by atoms with Gasteiger partial charge in [-0.25, -0.2) is 18.1 Å². The van der Waals surface area contributed by atoms with Crippen LogP contribution in [0.5, 0.6) is 5.88 Å². The highest BCUT2D eigenvalue weighted by Gasteiger charge is 2.18. The van der Waals surface area contributed by atoms with Crippen molar-refractivity contribution in [3.8, 4) is 5.88 Å². The topological polar surface area (TPSA) is 94.6 Å². The van der Waals surface area contributed by atoms with Crippen molar-refractivity contribution in [1.29, 1.82) is 0 Å². The lowest BCUT2D eigenvalue weighted by atomic mass is 10.0. The number of rotatable bonds is 7. The van der Waals surface area contributed by atoms with Gasteiger partial charge in [-0.1, -0.05) is 78.9 Å². The summed E-state index contributed by atoms with van der Waals surface area (Å²) < 4.78 is 27.6. The number of nitrogens with zero attached hydrogens (tertiary/aromatic N) is 1. The van der Waals surface area contributed by atoms with Gasteiger partial charge in [-0.15, -0.1) is 0 Å². The number of para-hydroxylation sites is 1. The zero-order valence-electron chi connectivity index (χ0n) is 18.7. The van der Waals surface area contributed by atoms with Gasteiger partial charge in [0.05, 0.1) is 21.9 Å². The van der Waals surface area contributed by atoms with Crippen molar-refractivity contribution in [3.05, 3.63) is 126 Å². The van der Waals surface area contributed by atoms with E-state index >= 15 is 0 Å². The van der Waals surface area contributed by atoms with Crippen LogP contribution in [-0.4, -0.2) is 24.2 Å². The predicted octanol–water partition coefficient (Wildman–Crippen LogP) is 5.52. The SMILES string of the molecule is O=S(=O)(NCc1ccc(N=C(c2ccccc2)c2c(O)[nH]c3ccccc23)cc1)c1ccccc1. The van der Waals surface area contributed by atoms with E-state index in [1.807, 2.05) is 78.9 Å². The number of benzene rings is 4. The Morgan fingerprint density at radius 3 is 2.14 bits per heavy atom. The van der Waals surface area contributed by atoms with Crippen molar-refractivity contribution in [3.63, 3.8) is 0 Å². The molecule has 6 nitrogen and oxygen atoms in total. The van der Waals surface area contributed by atoms with Gasteiger partial charge < -0.3 is 10.1 Å². The number of aromatic hydroxyl groups is 1. The van der Waals surface area contributed by atoms with Crippen LogP contribution in [0.3, 0.4) is 0 Å². The Hall–Kier alpha value is -4.20. The zero-order valence-corrected chi connectivity index (χ0v) is 19.5. The molecule has 5 aromatic rings. The fourth-order valence-corrected chi connectivity index (χ4v) is 4.95. The quantitative estimate of drug-likeness (QED) is 0.267. The van der Waals surface area contributed by atoms with Crippen LogP contribution in [0.4, 0.5) is 5.69 Å². The van der Waals surface area contributed by atoms with E-state index < -0.39 is 10.0 Å². The molecule has 1 aromatic heterocycles. The van der Waals surface area contributed by atoms with Gasteiger partial charge in [-0.3, -0.25) is 0 Å². The molecule has 0 saturated heterocycles. The van der Waals surface area contributed by atoms with Gasteiger partial charge >= 0.3 is 0 Å². The molecule has 0 aliphatic carbocycles. The lowest BCUT2D eigenvalue weighted by molar-refractivity contribution is 0.457. The van der Waals surface area contributed by atoms with Crippen LogP contribution in [0.25, 0.3) is 10.9 Å². The molecule has 0 radical (unpaired) electrons. The maximum atomic E-state index is 12.5. The van der Waals surface area contributed by atoms with E-state index in [1.165, 1.54) is 0 Å². The highest BCUT2D eigenvalue weighted by molar-refractivity contribution is 7.89. The van der Waals surface area contributed by atoms with Crippen molar-refractivity contribution in [2.75, 3.05) is 0 Å². The van der Waals surface area contributed by atoms with Gasteiger partial charge in [-0.05, 0) is 35.9 Å². The lowest BCUT2D eigenvalue weighted by Gasteiger charge is -2.09. The molecule has 0 unspecified atom stereocenters.